The number of ether oxygens (including phenoxy) is 1. The van der Waals surface area contributed by atoms with Crippen molar-refractivity contribution in [3.05, 3.63) is 58.1 Å². The third kappa shape index (κ3) is 5.55. The van der Waals surface area contributed by atoms with Crippen LogP contribution in [0.25, 0.3) is 0 Å². The number of nitrogens with zero attached hydrogens (tertiary/aromatic N) is 2. The van der Waals surface area contributed by atoms with E-state index in [2.05, 4.69) is 14.8 Å². The number of rotatable bonds is 7. The Morgan fingerprint density at radius 3 is 2.39 bits per heavy atom. The lowest BCUT2D eigenvalue weighted by atomic mass is 10.1. The maximum Gasteiger partial charge on any atom is 0.469 e. The third-order valence-corrected chi connectivity index (χ3v) is 5.15. The van der Waals surface area contributed by atoms with Gasteiger partial charge in [0.05, 0.1) is 6.61 Å². The van der Waals surface area contributed by atoms with E-state index in [4.69, 9.17) is 14.5 Å². The predicted molar refractivity (Wildman–Crippen MR) is 106 cm³/mol. The number of aliphatic hydroxyl groups is 1. The van der Waals surface area contributed by atoms with E-state index in [-0.39, 0.29) is 17.2 Å². The summed E-state index contributed by atoms with van der Waals surface area (Å²) in [6.07, 6.45) is -5.87. The van der Waals surface area contributed by atoms with Crippen molar-refractivity contribution < 1.29 is 47.1 Å². The highest BCUT2D eigenvalue weighted by molar-refractivity contribution is 7.46. The first-order valence-corrected chi connectivity index (χ1v) is 10.8. The molecule has 0 spiro atoms. The number of carbonyl (C=O) groups is 2. The normalized spacial score (nSPS) is 22.2. The number of aliphatic hydroxyl groups excluding tert-OH is 1. The number of hydrogen-bond acceptors (Lipinski definition) is 8. The summed E-state index contributed by atoms with van der Waals surface area (Å²) in [4.78, 5) is 56.8. The number of carbonyl (C=O) groups excluding carboxylic acids is 2. The number of hydrogen-bond donors (Lipinski definition) is 4. The number of halogens is 2. The number of amides is 1. The van der Waals surface area contributed by atoms with Crippen molar-refractivity contribution >= 4 is 25.3 Å². The van der Waals surface area contributed by atoms with Crippen LogP contribution in [0, 0.1) is 0 Å². The van der Waals surface area contributed by atoms with Crippen molar-refractivity contribution in [2.24, 2.45) is 0 Å². The number of phosphoric ester groups is 1. The van der Waals surface area contributed by atoms with Crippen molar-refractivity contribution in [3.8, 4) is 0 Å². The number of phosphoric acid groups is 1. The first-order valence-electron chi connectivity index (χ1n) is 9.22. The standard InChI is InChI=1S/C18H18F2N3O9P/c1-9(24)10-2-4-11(5-3-10)15(26)21-13-6-7-23(17(27)22-13)16-18(19,20)14(25)12(32-16)8-31-33(28,29)30/h2-7,12,14,16,25H,8H2,1H3,(H2,28,29,30)(H,21,22,26,27)/t12-,14+,16-/m1/s1. The summed E-state index contributed by atoms with van der Waals surface area (Å²) in [5.74, 6) is -5.17. The number of ketones is 1. The smallest absolute Gasteiger partial charge is 0.384 e. The highest BCUT2D eigenvalue weighted by Gasteiger charge is 2.60. The van der Waals surface area contributed by atoms with E-state index < -0.39 is 50.4 Å². The molecule has 0 radical (unpaired) electrons. The summed E-state index contributed by atoms with van der Waals surface area (Å²) >= 11 is 0. The second kappa shape index (κ2) is 9.17. The average Bonchev–Trinajstić information content (AvgIpc) is 2.95. The zero-order valence-corrected chi connectivity index (χ0v) is 17.7. The minimum absolute atomic E-state index is 0.146. The summed E-state index contributed by atoms with van der Waals surface area (Å²) in [7, 11) is -5.01. The van der Waals surface area contributed by atoms with Crippen LogP contribution >= 0.6 is 7.82 Å². The van der Waals surface area contributed by atoms with E-state index in [1.807, 2.05) is 0 Å². The molecule has 1 aromatic heterocycles. The lowest BCUT2D eigenvalue weighted by Gasteiger charge is -2.21. The molecular weight excluding hydrogens is 471 g/mol. The first kappa shape index (κ1) is 24.8. The van der Waals surface area contributed by atoms with Crippen LogP contribution in [-0.4, -0.2) is 60.9 Å². The molecule has 178 valence electrons. The molecule has 0 saturated carbocycles. The van der Waals surface area contributed by atoms with Crippen LogP contribution in [0.1, 0.15) is 33.9 Å². The Labute approximate surface area is 184 Å². The van der Waals surface area contributed by atoms with Crippen molar-refractivity contribution in [2.45, 2.75) is 31.3 Å². The van der Waals surface area contributed by atoms with Gasteiger partial charge in [-0.05, 0) is 25.1 Å². The van der Waals surface area contributed by atoms with E-state index in [9.17, 15) is 32.8 Å². The van der Waals surface area contributed by atoms with Crippen molar-refractivity contribution in [1.29, 1.82) is 0 Å². The molecule has 3 rings (SSSR count). The number of anilines is 1. The van der Waals surface area contributed by atoms with Crippen LogP contribution in [0.3, 0.4) is 0 Å². The van der Waals surface area contributed by atoms with Crippen LogP contribution in [0.15, 0.2) is 41.3 Å². The van der Waals surface area contributed by atoms with Gasteiger partial charge in [-0.1, -0.05) is 12.1 Å². The second-order valence-electron chi connectivity index (χ2n) is 7.02. The molecule has 1 saturated heterocycles. The highest BCUT2D eigenvalue weighted by atomic mass is 31.2. The maximum atomic E-state index is 14.5. The fourth-order valence-corrected chi connectivity index (χ4v) is 3.32. The van der Waals surface area contributed by atoms with Gasteiger partial charge in [0.2, 0.25) is 6.23 Å². The number of nitrogens with one attached hydrogen (secondary N) is 1. The Bertz CT molecular complexity index is 1170. The quantitative estimate of drug-likeness (QED) is 0.320. The Morgan fingerprint density at radius 2 is 1.85 bits per heavy atom. The van der Waals surface area contributed by atoms with Gasteiger partial charge in [-0.25, -0.2) is 9.36 Å². The van der Waals surface area contributed by atoms with Crippen LogP contribution in [0.2, 0.25) is 0 Å². The fraction of sp³-hybridized carbons (Fsp3) is 0.333. The third-order valence-electron chi connectivity index (χ3n) is 4.66. The van der Waals surface area contributed by atoms with Gasteiger partial charge in [0, 0.05) is 17.3 Å². The molecule has 0 bridgehead atoms. The van der Waals surface area contributed by atoms with Gasteiger partial charge in [0.1, 0.15) is 11.9 Å². The summed E-state index contributed by atoms with van der Waals surface area (Å²) in [5.41, 5.74) is -0.725. The molecule has 2 aromatic rings. The molecule has 0 aliphatic carbocycles. The Balaban J connectivity index is 1.75. The number of benzene rings is 1. The molecule has 0 unspecified atom stereocenters. The van der Waals surface area contributed by atoms with Gasteiger partial charge < -0.3 is 24.9 Å². The minimum atomic E-state index is -5.01. The molecule has 1 amide bonds. The summed E-state index contributed by atoms with van der Waals surface area (Å²) in [5, 5.41) is 12.1. The van der Waals surface area contributed by atoms with Crippen LogP contribution in [0.4, 0.5) is 14.6 Å². The molecule has 1 fully saturated rings. The molecule has 3 atom stereocenters. The molecule has 1 aromatic carbocycles. The lowest BCUT2D eigenvalue weighted by molar-refractivity contribution is -0.140. The minimum Gasteiger partial charge on any atom is -0.384 e. The summed E-state index contributed by atoms with van der Waals surface area (Å²) in [6, 6.07) is 6.65. The number of alkyl halides is 2. The molecule has 33 heavy (non-hydrogen) atoms. The molecule has 12 nitrogen and oxygen atoms in total. The number of aromatic nitrogens is 2. The Kier molecular flexibility index (Phi) is 6.88. The van der Waals surface area contributed by atoms with Crippen molar-refractivity contribution in [2.75, 3.05) is 11.9 Å². The van der Waals surface area contributed by atoms with Gasteiger partial charge in [-0.2, -0.15) is 13.8 Å². The zero-order chi connectivity index (χ0) is 24.6. The van der Waals surface area contributed by atoms with Crippen LogP contribution in [-0.2, 0) is 13.8 Å². The molecular formula is C18H18F2N3O9P. The van der Waals surface area contributed by atoms with E-state index in [0.29, 0.717) is 10.1 Å². The molecule has 1 aliphatic rings. The maximum absolute atomic E-state index is 14.5. The van der Waals surface area contributed by atoms with E-state index in [0.717, 1.165) is 12.3 Å². The Hall–Kier alpha value is -2.87. The average molecular weight is 489 g/mol. The van der Waals surface area contributed by atoms with Gasteiger partial charge in [-0.3, -0.25) is 18.7 Å². The zero-order valence-electron chi connectivity index (χ0n) is 16.8. The van der Waals surface area contributed by atoms with Gasteiger partial charge >= 0.3 is 19.4 Å². The summed E-state index contributed by atoms with van der Waals surface area (Å²) in [6.45, 7) is 0.299. The first-order chi connectivity index (χ1) is 15.3. The molecule has 15 heteroatoms. The second-order valence-corrected chi connectivity index (χ2v) is 8.26. The monoisotopic (exact) mass is 489 g/mol. The summed E-state index contributed by atoms with van der Waals surface area (Å²) < 4.78 is 49.0. The predicted octanol–water partition coefficient (Wildman–Crippen LogP) is 0.701. The van der Waals surface area contributed by atoms with Crippen molar-refractivity contribution in [1.82, 2.24) is 9.55 Å². The van der Waals surface area contributed by atoms with E-state index in [1.54, 1.807) is 0 Å². The molecule has 4 N–H and O–H groups in total. The highest BCUT2D eigenvalue weighted by Crippen LogP contribution is 2.44. The largest absolute Gasteiger partial charge is 0.469 e. The molecule has 1 aliphatic heterocycles. The molecule has 2 heterocycles. The van der Waals surface area contributed by atoms with Gasteiger partial charge in [-0.15, -0.1) is 0 Å². The van der Waals surface area contributed by atoms with Gasteiger partial charge in [0.15, 0.2) is 11.9 Å². The fourth-order valence-electron chi connectivity index (χ4n) is 2.98. The Morgan fingerprint density at radius 1 is 1.24 bits per heavy atom. The van der Waals surface area contributed by atoms with Crippen LogP contribution in [0.5, 0.6) is 0 Å². The van der Waals surface area contributed by atoms with Gasteiger partial charge in [0.25, 0.3) is 5.91 Å². The lowest BCUT2D eigenvalue weighted by Crippen LogP contribution is -2.42. The van der Waals surface area contributed by atoms with Crippen LogP contribution < -0.4 is 11.0 Å². The van der Waals surface area contributed by atoms with E-state index >= 15 is 0 Å². The SMILES string of the molecule is CC(=O)c1ccc(C(=O)Nc2ccn([C@@H]3O[C@H](COP(=O)(O)O)[C@H](O)C3(F)F)c(=O)n2)cc1. The number of Topliss-reactive ketones (excluding diaryl/α,β-unsaturated/α-hetero) is 1. The topological polar surface area (TPSA) is 177 Å². The van der Waals surface area contributed by atoms with Crippen molar-refractivity contribution in [3.63, 3.8) is 0 Å². The van der Waals surface area contributed by atoms with E-state index in [1.165, 1.54) is 31.2 Å².